The van der Waals surface area contributed by atoms with Gasteiger partial charge in [0.05, 0.1) is 6.61 Å². The van der Waals surface area contributed by atoms with Crippen molar-refractivity contribution >= 4 is 5.90 Å². The fourth-order valence-electron chi connectivity index (χ4n) is 1.21. The topological polar surface area (TPSA) is 54.3 Å². The van der Waals surface area contributed by atoms with Crippen LogP contribution in [0.25, 0.3) is 0 Å². The molecule has 86 valence electrons. The molecule has 2 N–H and O–H groups in total. The van der Waals surface area contributed by atoms with Crippen LogP contribution in [0.4, 0.5) is 0 Å². The Morgan fingerprint density at radius 1 is 1.67 bits per heavy atom. The zero-order chi connectivity index (χ0) is 11.3. The van der Waals surface area contributed by atoms with Crippen LogP contribution in [0.5, 0.6) is 0 Å². The van der Waals surface area contributed by atoms with Crippen LogP contribution < -0.4 is 5.32 Å². The smallest absolute Gasteiger partial charge is 0.213 e. The minimum absolute atomic E-state index is 0.135. The summed E-state index contributed by atoms with van der Waals surface area (Å²) in [6, 6.07) is 0. The van der Waals surface area contributed by atoms with Gasteiger partial charge in [-0.05, 0) is 13.3 Å². The molecule has 0 radical (unpaired) electrons. The van der Waals surface area contributed by atoms with Crippen molar-refractivity contribution in [1.29, 1.82) is 5.41 Å². The van der Waals surface area contributed by atoms with Crippen LogP contribution in [0, 0.1) is 5.41 Å². The van der Waals surface area contributed by atoms with E-state index < -0.39 is 5.60 Å². The third kappa shape index (κ3) is 3.04. The summed E-state index contributed by atoms with van der Waals surface area (Å²) in [5.74, 6) is 0.221. The quantitative estimate of drug-likeness (QED) is 0.396. The second kappa shape index (κ2) is 5.28. The van der Waals surface area contributed by atoms with E-state index in [1.807, 2.05) is 13.8 Å². The number of hydrogen-bond donors (Lipinski definition) is 2. The Balaban J connectivity index is 2.46. The van der Waals surface area contributed by atoms with E-state index in [2.05, 4.69) is 11.9 Å². The van der Waals surface area contributed by atoms with Crippen LogP contribution in [0.3, 0.4) is 0 Å². The third-order valence-corrected chi connectivity index (χ3v) is 2.70. The normalized spacial score (nSPS) is 20.1. The van der Waals surface area contributed by atoms with Gasteiger partial charge in [-0.1, -0.05) is 13.0 Å². The first-order valence-electron chi connectivity index (χ1n) is 5.33. The van der Waals surface area contributed by atoms with Crippen molar-refractivity contribution in [2.75, 3.05) is 19.7 Å². The van der Waals surface area contributed by atoms with Crippen molar-refractivity contribution in [2.24, 2.45) is 0 Å². The molecule has 0 aromatic heterocycles. The average molecular weight is 212 g/mol. The van der Waals surface area contributed by atoms with E-state index in [0.717, 1.165) is 19.5 Å². The lowest BCUT2D eigenvalue weighted by Gasteiger charge is -2.34. The molecule has 0 aromatic rings. The lowest BCUT2D eigenvalue weighted by molar-refractivity contribution is 0.000703. The van der Waals surface area contributed by atoms with Gasteiger partial charge in [0.1, 0.15) is 11.7 Å². The maximum atomic E-state index is 7.88. The molecule has 1 atom stereocenters. The molecule has 4 nitrogen and oxygen atoms in total. The lowest BCUT2D eigenvalue weighted by Crippen LogP contribution is -2.52. The highest BCUT2D eigenvalue weighted by molar-refractivity contribution is 5.82. The van der Waals surface area contributed by atoms with E-state index in [9.17, 15) is 0 Å². The van der Waals surface area contributed by atoms with E-state index >= 15 is 0 Å². The van der Waals surface area contributed by atoms with Crippen molar-refractivity contribution in [2.45, 2.75) is 32.0 Å². The van der Waals surface area contributed by atoms with Gasteiger partial charge in [0.25, 0.3) is 0 Å². The van der Waals surface area contributed by atoms with Gasteiger partial charge in [0, 0.05) is 13.1 Å². The Morgan fingerprint density at radius 2 is 2.33 bits per heavy atom. The Morgan fingerprint density at radius 3 is 2.73 bits per heavy atom. The van der Waals surface area contributed by atoms with Crippen LogP contribution in [-0.4, -0.2) is 37.3 Å². The van der Waals surface area contributed by atoms with Gasteiger partial charge in [-0.15, -0.1) is 6.58 Å². The van der Waals surface area contributed by atoms with Gasteiger partial charge in [-0.3, -0.25) is 5.41 Å². The van der Waals surface area contributed by atoms with Gasteiger partial charge < -0.3 is 14.8 Å². The predicted octanol–water partition coefficient (Wildman–Crippen LogP) is 1.32. The number of nitrogens with one attached hydrogen (secondary N) is 2. The molecule has 4 heteroatoms. The molecule has 1 heterocycles. The van der Waals surface area contributed by atoms with Gasteiger partial charge >= 0.3 is 0 Å². The maximum absolute atomic E-state index is 7.88. The van der Waals surface area contributed by atoms with Crippen molar-refractivity contribution in [3.63, 3.8) is 0 Å². The first kappa shape index (κ1) is 12.2. The summed E-state index contributed by atoms with van der Waals surface area (Å²) < 4.78 is 11.1. The highest BCUT2D eigenvalue weighted by atomic mass is 16.6. The second-order valence-electron chi connectivity index (χ2n) is 3.91. The van der Waals surface area contributed by atoms with Crippen molar-refractivity contribution < 1.29 is 9.47 Å². The van der Waals surface area contributed by atoms with Gasteiger partial charge in [-0.25, -0.2) is 0 Å². The molecular formula is C11H20N2O2. The molecule has 1 aliphatic rings. The lowest BCUT2D eigenvalue weighted by atomic mass is 10.0. The van der Waals surface area contributed by atoms with Crippen LogP contribution in [0.15, 0.2) is 12.7 Å². The van der Waals surface area contributed by atoms with Crippen LogP contribution in [0.1, 0.15) is 20.3 Å². The van der Waals surface area contributed by atoms with Crippen molar-refractivity contribution in [3.05, 3.63) is 12.7 Å². The number of hydrogen-bond acceptors (Lipinski definition) is 4. The molecule has 1 aliphatic heterocycles. The first-order chi connectivity index (χ1) is 7.12. The summed E-state index contributed by atoms with van der Waals surface area (Å²) in [6.45, 7) is 9.55. The standard InChI is InChI=1S/C11H20N2O2/c1-4-6-14-11(3,5-2)10(12)15-9-7-13-8-9/h4,9,12-13H,1,5-8H2,2-3H3. The summed E-state index contributed by atoms with van der Waals surface area (Å²) in [5.41, 5.74) is -0.621. The molecule has 1 rings (SSSR count). The molecule has 1 unspecified atom stereocenters. The van der Waals surface area contributed by atoms with E-state index in [-0.39, 0.29) is 12.0 Å². The zero-order valence-corrected chi connectivity index (χ0v) is 9.51. The largest absolute Gasteiger partial charge is 0.473 e. The van der Waals surface area contributed by atoms with Crippen LogP contribution in [0.2, 0.25) is 0 Å². The summed E-state index contributed by atoms with van der Waals surface area (Å²) >= 11 is 0. The molecule has 1 saturated heterocycles. The van der Waals surface area contributed by atoms with Gasteiger partial charge in [-0.2, -0.15) is 0 Å². The summed E-state index contributed by atoms with van der Waals surface area (Å²) in [7, 11) is 0. The molecule has 15 heavy (non-hydrogen) atoms. The molecular weight excluding hydrogens is 192 g/mol. The van der Waals surface area contributed by atoms with E-state index in [0.29, 0.717) is 6.61 Å². The molecule has 0 spiro atoms. The molecule has 0 saturated carbocycles. The third-order valence-electron chi connectivity index (χ3n) is 2.70. The summed E-state index contributed by atoms with van der Waals surface area (Å²) in [4.78, 5) is 0. The van der Waals surface area contributed by atoms with Crippen molar-refractivity contribution in [3.8, 4) is 0 Å². The number of ether oxygens (including phenoxy) is 2. The second-order valence-corrected chi connectivity index (χ2v) is 3.91. The predicted molar refractivity (Wildman–Crippen MR) is 60.3 cm³/mol. The fourth-order valence-corrected chi connectivity index (χ4v) is 1.21. The molecule has 0 aliphatic carbocycles. The molecule has 1 fully saturated rings. The Labute approximate surface area is 91.2 Å². The molecule has 0 aromatic carbocycles. The Kier molecular flexibility index (Phi) is 4.29. The van der Waals surface area contributed by atoms with E-state index in [4.69, 9.17) is 14.9 Å². The molecule has 0 bridgehead atoms. The zero-order valence-electron chi connectivity index (χ0n) is 9.51. The van der Waals surface area contributed by atoms with Crippen molar-refractivity contribution in [1.82, 2.24) is 5.32 Å². The minimum Gasteiger partial charge on any atom is -0.473 e. The molecule has 0 amide bonds. The minimum atomic E-state index is -0.621. The number of rotatable bonds is 6. The highest BCUT2D eigenvalue weighted by Gasteiger charge is 2.33. The van der Waals surface area contributed by atoms with Gasteiger partial charge in [0.15, 0.2) is 0 Å². The summed E-state index contributed by atoms with van der Waals surface area (Å²) in [5, 5.41) is 11.0. The van der Waals surface area contributed by atoms with E-state index in [1.54, 1.807) is 6.08 Å². The van der Waals surface area contributed by atoms with E-state index in [1.165, 1.54) is 0 Å². The average Bonchev–Trinajstić information content (AvgIpc) is 2.19. The fraction of sp³-hybridized carbons (Fsp3) is 0.727. The first-order valence-corrected chi connectivity index (χ1v) is 5.33. The maximum Gasteiger partial charge on any atom is 0.213 e. The summed E-state index contributed by atoms with van der Waals surface area (Å²) in [6.07, 6.45) is 2.54. The Hall–Kier alpha value is -0.870. The van der Waals surface area contributed by atoms with Crippen LogP contribution >= 0.6 is 0 Å². The monoisotopic (exact) mass is 212 g/mol. The SMILES string of the molecule is C=CCOC(C)(CC)C(=N)OC1CNC1. The van der Waals surface area contributed by atoms with Crippen LogP contribution in [-0.2, 0) is 9.47 Å². The van der Waals surface area contributed by atoms with Gasteiger partial charge in [0.2, 0.25) is 5.90 Å². The highest BCUT2D eigenvalue weighted by Crippen LogP contribution is 2.19. The Bertz CT molecular complexity index is 239.